The molecular formula is C14H28N2O2. The van der Waals surface area contributed by atoms with E-state index >= 15 is 0 Å². The number of carbonyl (C=O) groups excluding carboxylic acids is 2. The molecule has 1 rings (SSSR count). The topological polar surface area (TPSA) is 49.4 Å². The van der Waals surface area contributed by atoms with Gasteiger partial charge in [0.1, 0.15) is 5.78 Å². The van der Waals surface area contributed by atoms with Crippen LogP contribution in [0.3, 0.4) is 0 Å². The summed E-state index contributed by atoms with van der Waals surface area (Å²) in [6, 6.07) is 0. The summed E-state index contributed by atoms with van der Waals surface area (Å²) in [4.78, 5) is 23.2. The molecule has 0 atom stereocenters. The molecule has 0 aromatic heterocycles. The van der Waals surface area contributed by atoms with Crippen LogP contribution in [0.2, 0.25) is 0 Å². The molecule has 106 valence electrons. The van der Waals surface area contributed by atoms with E-state index in [9.17, 15) is 9.59 Å². The van der Waals surface area contributed by atoms with Crippen molar-refractivity contribution >= 4 is 11.7 Å². The van der Waals surface area contributed by atoms with Crippen LogP contribution in [0, 0.1) is 5.92 Å². The van der Waals surface area contributed by atoms with E-state index in [1.807, 2.05) is 14.1 Å². The average molecular weight is 256 g/mol. The molecule has 0 saturated heterocycles. The molecule has 0 unspecified atom stereocenters. The van der Waals surface area contributed by atoms with E-state index in [2.05, 4.69) is 10.2 Å². The minimum Gasteiger partial charge on any atom is -0.355 e. The second kappa shape index (κ2) is 10.1. The van der Waals surface area contributed by atoms with Gasteiger partial charge in [-0.25, -0.2) is 0 Å². The molecule has 1 amide bonds. The van der Waals surface area contributed by atoms with E-state index in [0.29, 0.717) is 5.92 Å². The number of carbonyl (C=O) groups is 2. The summed E-state index contributed by atoms with van der Waals surface area (Å²) in [7, 11) is 4.04. The molecule has 0 spiro atoms. The molecule has 1 fully saturated rings. The van der Waals surface area contributed by atoms with E-state index in [1.54, 1.807) is 0 Å². The van der Waals surface area contributed by atoms with Gasteiger partial charge in [0.2, 0.25) is 5.91 Å². The van der Waals surface area contributed by atoms with Crippen LogP contribution in [-0.4, -0.2) is 43.8 Å². The summed E-state index contributed by atoms with van der Waals surface area (Å²) in [6.45, 7) is 4.76. The van der Waals surface area contributed by atoms with Gasteiger partial charge in [0.25, 0.3) is 0 Å². The Morgan fingerprint density at radius 2 is 1.61 bits per heavy atom. The number of likely N-dealkylation sites (N-methyl/N-ethyl adjacent to an activating group) is 1. The van der Waals surface area contributed by atoms with Crippen molar-refractivity contribution in [3.63, 3.8) is 0 Å². The molecule has 1 saturated carbocycles. The molecule has 18 heavy (non-hydrogen) atoms. The Bertz CT molecular complexity index is 242. The van der Waals surface area contributed by atoms with Gasteiger partial charge in [0.15, 0.2) is 0 Å². The molecule has 1 aliphatic rings. The highest BCUT2D eigenvalue weighted by atomic mass is 16.1. The van der Waals surface area contributed by atoms with E-state index in [-0.39, 0.29) is 11.7 Å². The Kier molecular flexibility index (Phi) is 9.56. The van der Waals surface area contributed by atoms with Gasteiger partial charge in [0.05, 0.1) is 0 Å². The number of hydrogen-bond acceptors (Lipinski definition) is 3. The molecular weight excluding hydrogens is 228 g/mol. The second-order valence-corrected chi connectivity index (χ2v) is 5.34. The Balaban J connectivity index is 0.000000631. The predicted octanol–water partition coefficient (Wildman–Crippen LogP) is 1.84. The average Bonchev–Trinajstić information content (AvgIpc) is 2.29. The van der Waals surface area contributed by atoms with Crippen LogP contribution in [0.5, 0.6) is 0 Å². The summed E-state index contributed by atoms with van der Waals surface area (Å²) in [5.41, 5.74) is 0. The number of ketones is 1. The number of nitrogens with zero attached hydrogens (tertiary/aromatic N) is 1. The summed E-state index contributed by atoms with van der Waals surface area (Å²) in [5, 5.41) is 3.00. The summed E-state index contributed by atoms with van der Waals surface area (Å²) < 4.78 is 0. The third-order valence-corrected chi connectivity index (χ3v) is 2.83. The van der Waals surface area contributed by atoms with Gasteiger partial charge in [-0.3, -0.25) is 4.79 Å². The van der Waals surface area contributed by atoms with Crippen molar-refractivity contribution in [3.8, 4) is 0 Å². The van der Waals surface area contributed by atoms with E-state index < -0.39 is 0 Å². The maximum Gasteiger partial charge on any atom is 0.223 e. The number of nitrogens with one attached hydrogen (secondary N) is 1. The van der Waals surface area contributed by atoms with Crippen LogP contribution >= 0.6 is 0 Å². The second-order valence-electron chi connectivity index (χ2n) is 5.34. The third-order valence-electron chi connectivity index (χ3n) is 2.83. The van der Waals surface area contributed by atoms with Gasteiger partial charge >= 0.3 is 0 Å². The van der Waals surface area contributed by atoms with E-state index in [4.69, 9.17) is 0 Å². The molecule has 0 aromatic rings. The highest BCUT2D eigenvalue weighted by Gasteiger charge is 2.20. The van der Waals surface area contributed by atoms with Gasteiger partial charge in [-0.05, 0) is 40.8 Å². The zero-order valence-corrected chi connectivity index (χ0v) is 12.3. The normalized spacial score (nSPS) is 15.8. The molecule has 1 aliphatic carbocycles. The summed E-state index contributed by atoms with van der Waals surface area (Å²) >= 11 is 0. The van der Waals surface area contributed by atoms with Crippen LogP contribution in [0.15, 0.2) is 0 Å². The van der Waals surface area contributed by atoms with Gasteiger partial charge < -0.3 is 15.0 Å². The van der Waals surface area contributed by atoms with Crippen molar-refractivity contribution < 1.29 is 9.59 Å². The lowest BCUT2D eigenvalue weighted by Crippen LogP contribution is -2.36. The minimum atomic E-state index is 0.167. The zero-order chi connectivity index (χ0) is 14.0. The molecule has 1 N–H and O–H groups in total. The van der Waals surface area contributed by atoms with Crippen molar-refractivity contribution in [1.29, 1.82) is 0 Å². The van der Waals surface area contributed by atoms with Crippen molar-refractivity contribution in [1.82, 2.24) is 10.2 Å². The van der Waals surface area contributed by atoms with E-state index in [0.717, 1.165) is 25.9 Å². The first-order valence-electron chi connectivity index (χ1n) is 6.83. The molecule has 4 heteroatoms. The van der Waals surface area contributed by atoms with Crippen LogP contribution in [0.25, 0.3) is 0 Å². The van der Waals surface area contributed by atoms with Crippen molar-refractivity contribution in [2.45, 2.75) is 46.0 Å². The van der Waals surface area contributed by atoms with Crippen molar-refractivity contribution in [2.24, 2.45) is 5.92 Å². The first-order valence-corrected chi connectivity index (χ1v) is 6.83. The fraction of sp³-hybridized carbons (Fsp3) is 0.857. The summed E-state index contributed by atoms with van der Waals surface area (Å²) in [5.74, 6) is 0.734. The molecule has 0 heterocycles. The number of amides is 1. The van der Waals surface area contributed by atoms with Gasteiger partial charge in [0, 0.05) is 19.0 Å². The van der Waals surface area contributed by atoms with Crippen LogP contribution < -0.4 is 5.32 Å². The van der Waals surface area contributed by atoms with Crippen molar-refractivity contribution in [2.75, 3.05) is 27.2 Å². The maximum absolute atomic E-state index is 11.6. The first kappa shape index (κ1) is 17.1. The predicted molar refractivity (Wildman–Crippen MR) is 74.5 cm³/mol. The number of Topliss-reactive ketones (excluding diaryl/α,β-unsaturated/α-hetero) is 1. The maximum atomic E-state index is 11.6. The Labute approximate surface area is 111 Å². The first-order chi connectivity index (χ1) is 8.43. The fourth-order valence-electron chi connectivity index (χ4n) is 1.91. The van der Waals surface area contributed by atoms with Crippen LogP contribution in [0.4, 0.5) is 0 Å². The third kappa shape index (κ3) is 10.3. The quantitative estimate of drug-likeness (QED) is 0.835. The fourth-order valence-corrected chi connectivity index (χ4v) is 1.91. The smallest absolute Gasteiger partial charge is 0.223 e. The Hall–Kier alpha value is -0.900. The lowest BCUT2D eigenvalue weighted by Gasteiger charge is -2.21. The van der Waals surface area contributed by atoms with Gasteiger partial charge in [-0.2, -0.15) is 0 Å². The monoisotopic (exact) mass is 256 g/mol. The summed E-state index contributed by atoms with van der Waals surface area (Å²) in [6.07, 6.45) is 5.95. The number of hydrogen-bond donors (Lipinski definition) is 1. The van der Waals surface area contributed by atoms with Crippen LogP contribution in [-0.2, 0) is 9.59 Å². The highest BCUT2D eigenvalue weighted by Crippen LogP contribution is 2.23. The zero-order valence-electron chi connectivity index (χ0n) is 12.3. The molecule has 4 nitrogen and oxygen atoms in total. The molecule has 0 aliphatic heterocycles. The minimum absolute atomic E-state index is 0.167. The highest BCUT2D eigenvalue weighted by molar-refractivity contribution is 5.78. The largest absolute Gasteiger partial charge is 0.355 e. The van der Waals surface area contributed by atoms with Gasteiger partial charge in [-0.1, -0.05) is 19.3 Å². The van der Waals surface area contributed by atoms with Crippen molar-refractivity contribution in [3.05, 3.63) is 0 Å². The SMILES string of the molecule is CC(C)=O.CN(C)CCNC(=O)C1CCCCC1. The lowest BCUT2D eigenvalue weighted by molar-refractivity contribution is -0.126. The Morgan fingerprint density at radius 3 is 2.06 bits per heavy atom. The molecule has 0 radical (unpaired) electrons. The lowest BCUT2D eigenvalue weighted by atomic mass is 9.89. The standard InChI is InChI=1S/C11H22N2O.C3H6O/c1-13(2)9-8-12-11(14)10-6-4-3-5-7-10;1-3(2)4/h10H,3-9H2,1-2H3,(H,12,14);1-2H3. The molecule has 0 bridgehead atoms. The number of rotatable bonds is 4. The Morgan fingerprint density at radius 1 is 1.11 bits per heavy atom. The van der Waals surface area contributed by atoms with Crippen LogP contribution in [0.1, 0.15) is 46.0 Å². The van der Waals surface area contributed by atoms with Gasteiger partial charge in [-0.15, -0.1) is 0 Å². The van der Waals surface area contributed by atoms with E-state index in [1.165, 1.54) is 33.1 Å². The molecule has 0 aromatic carbocycles.